The van der Waals surface area contributed by atoms with Gasteiger partial charge >= 0.3 is 7.12 Å². The summed E-state index contributed by atoms with van der Waals surface area (Å²) in [5.41, 5.74) is 1.10. The van der Waals surface area contributed by atoms with Crippen LogP contribution in [0.3, 0.4) is 0 Å². The lowest BCUT2D eigenvalue weighted by Gasteiger charge is -2.32. The number of pyridine rings is 1. The van der Waals surface area contributed by atoms with Crippen LogP contribution in [0.15, 0.2) is 24.5 Å². The molecule has 0 bridgehead atoms. The van der Waals surface area contributed by atoms with Gasteiger partial charge in [0, 0.05) is 23.4 Å². The summed E-state index contributed by atoms with van der Waals surface area (Å²) in [6.45, 7) is 7.97. The van der Waals surface area contributed by atoms with Crippen molar-refractivity contribution in [1.82, 2.24) is 9.61 Å². The molecule has 0 amide bonds. The summed E-state index contributed by atoms with van der Waals surface area (Å²) in [5, 5.41) is 3.76. The minimum Gasteiger partial charge on any atom is -0.399 e. The van der Waals surface area contributed by atoms with Gasteiger partial charge < -0.3 is 9.31 Å². The quantitative estimate of drug-likeness (QED) is 0.629. The molecule has 0 radical (unpaired) electrons. The molecule has 0 unspecified atom stereocenters. The average molecular weight is 307 g/mol. The summed E-state index contributed by atoms with van der Waals surface area (Å²) in [6, 6.07) is 3.33. The molecule has 3 heterocycles. The third-order valence-electron chi connectivity index (χ3n) is 4.29. The molecule has 1 aliphatic heterocycles. The maximum absolute atomic E-state index is 11.3. The molecule has 0 N–H and O–H groups in total. The largest absolute Gasteiger partial charge is 0.498 e. The van der Waals surface area contributed by atoms with Crippen LogP contribution in [-0.2, 0) is 9.31 Å². The van der Waals surface area contributed by atoms with Crippen LogP contribution < -0.4 is 5.46 Å². The van der Waals surface area contributed by atoms with Gasteiger partial charge in [0.15, 0.2) is 0 Å². The van der Waals surface area contributed by atoms with E-state index in [0.29, 0.717) is 5.56 Å². The van der Waals surface area contributed by atoms with Gasteiger partial charge in [-0.25, -0.2) is 4.52 Å². The predicted molar refractivity (Wildman–Crippen MR) is 81.1 cm³/mol. The number of rotatable bonds is 2. The van der Waals surface area contributed by atoms with Crippen LogP contribution in [0.1, 0.15) is 38.1 Å². The van der Waals surface area contributed by atoms with Crippen molar-refractivity contribution in [2.45, 2.75) is 38.9 Å². The molecule has 0 saturated carbocycles. The zero-order valence-corrected chi connectivity index (χ0v) is 13.1. The standard InChI is InChI=1S/C14H16BClN2O3/c1-13(2)14(3,4)21-15(20-13)10-8-17-18-6-5-9(12(16)19)7-11(10)18/h5-8H,1-4H3. The van der Waals surface area contributed by atoms with E-state index in [4.69, 9.17) is 20.9 Å². The Morgan fingerprint density at radius 2 is 1.90 bits per heavy atom. The highest BCUT2D eigenvalue weighted by Crippen LogP contribution is 2.36. The van der Waals surface area contributed by atoms with Crippen LogP contribution in [0, 0.1) is 0 Å². The van der Waals surface area contributed by atoms with Gasteiger partial charge in [0.25, 0.3) is 5.24 Å². The molecule has 2 aromatic heterocycles. The molecule has 5 nitrogen and oxygen atoms in total. The molecule has 7 heteroatoms. The fourth-order valence-electron chi connectivity index (χ4n) is 2.27. The Labute approximate surface area is 128 Å². The van der Waals surface area contributed by atoms with Gasteiger partial charge in [-0.15, -0.1) is 0 Å². The van der Waals surface area contributed by atoms with Crippen molar-refractivity contribution in [3.8, 4) is 0 Å². The zero-order chi connectivity index (χ0) is 15.4. The van der Waals surface area contributed by atoms with Gasteiger partial charge in [-0.1, -0.05) is 0 Å². The van der Waals surface area contributed by atoms with Crippen molar-refractivity contribution < 1.29 is 14.1 Å². The number of halogens is 1. The SMILES string of the molecule is CC1(C)OB(c2cnn3ccc(C(=O)Cl)cc23)OC1(C)C. The van der Waals surface area contributed by atoms with Crippen molar-refractivity contribution in [3.63, 3.8) is 0 Å². The van der Waals surface area contributed by atoms with Crippen molar-refractivity contribution in [2.24, 2.45) is 0 Å². The molecule has 2 aromatic rings. The lowest BCUT2D eigenvalue weighted by atomic mass is 9.80. The normalized spacial score (nSPS) is 20.1. The number of fused-ring (bicyclic) bond motifs is 1. The van der Waals surface area contributed by atoms with Crippen LogP contribution in [0.25, 0.3) is 5.52 Å². The topological polar surface area (TPSA) is 52.8 Å². The molecular weight excluding hydrogens is 290 g/mol. The highest BCUT2D eigenvalue weighted by molar-refractivity contribution is 6.68. The molecule has 3 rings (SSSR count). The van der Waals surface area contributed by atoms with Crippen molar-refractivity contribution in [1.29, 1.82) is 0 Å². The first-order chi connectivity index (χ1) is 9.71. The molecule has 1 fully saturated rings. The minimum atomic E-state index is -0.520. The second kappa shape index (κ2) is 4.56. The minimum absolute atomic E-state index is 0.419. The van der Waals surface area contributed by atoms with Crippen LogP contribution in [-0.4, -0.2) is 33.2 Å². The van der Waals surface area contributed by atoms with Gasteiger partial charge in [0.2, 0.25) is 0 Å². The van der Waals surface area contributed by atoms with E-state index in [-0.39, 0.29) is 0 Å². The lowest BCUT2D eigenvalue weighted by Crippen LogP contribution is -2.41. The fraction of sp³-hybridized carbons (Fsp3) is 0.429. The molecule has 0 atom stereocenters. The number of nitrogens with zero attached hydrogens (tertiary/aromatic N) is 2. The first-order valence-corrected chi connectivity index (χ1v) is 7.12. The van der Waals surface area contributed by atoms with Crippen LogP contribution in [0.4, 0.5) is 0 Å². The van der Waals surface area contributed by atoms with Crippen LogP contribution in [0.2, 0.25) is 0 Å². The van der Waals surface area contributed by atoms with E-state index in [2.05, 4.69) is 5.10 Å². The summed E-state index contributed by atoms with van der Waals surface area (Å²) in [6.07, 6.45) is 3.39. The number of hydrogen-bond acceptors (Lipinski definition) is 4. The van der Waals surface area contributed by atoms with Crippen molar-refractivity contribution in [3.05, 3.63) is 30.1 Å². The van der Waals surface area contributed by atoms with Gasteiger partial charge in [0.1, 0.15) is 0 Å². The number of aromatic nitrogens is 2. The fourth-order valence-corrected chi connectivity index (χ4v) is 2.39. The molecule has 21 heavy (non-hydrogen) atoms. The second-order valence-electron chi connectivity index (χ2n) is 6.21. The van der Waals surface area contributed by atoms with E-state index in [1.165, 1.54) is 0 Å². The van der Waals surface area contributed by atoms with Crippen LogP contribution in [0.5, 0.6) is 0 Å². The van der Waals surface area contributed by atoms with E-state index in [1.54, 1.807) is 29.0 Å². The highest BCUT2D eigenvalue weighted by atomic mass is 35.5. The van der Waals surface area contributed by atoms with E-state index in [9.17, 15) is 4.79 Å². The number of carbonyl (C=O) groups excluding carboxylic acids is 1. The maximum Gasteiger partial charge on any atom is 0.498 e. The number of carbonyl (C=O) groups is 1. The van der Waals surface area contributed by atoms with Gasteiger partial charge in [-0.3, -0.25) is 4.79 Å². The monoisotopic (exact) mass is 306 g/mol. The van der Waals surface area contributed by atoms with E-state index in [0.717, 1.165) is 11.0 Å². The van der Waals surface area contributed by atoms with E-state index in [1.807, 2.05) is 27.7 Å². The Bertz CT molecular complexity index is 710. The highest BCUT2D eigenvalue weighted by Gasteiger charge is 2.52. The smallest absolute Gasteiger partial charge is 0.399 e. The maximum atomic E-state index is 11.3. The molecule has 1 aliphatic rings. The Kier molecular flexibility index (Phi) is 3.17. The first-order valence-electron chi connectivity index (χ1n) is 6.74. The summed E-state index contributed by atoms with van der Waals surface area (Å²) >= 11 is 5.54. The Morgan fingerprint density at radius 3 is 2.48 bits per heavy atom. The van der Waals surface area contributed by atoms with Crippen molar-refractivity contribution in [2.75, 3.05) is 0 Å². The Balaban J connectivity index is 2.06. The zero-order valence-electron chi connectivity index (χ0n) is 12.4. The molecule has 0 aliphatic carbocycles. The molecule has 0 spiro atoms. The Morgan fingerprint density at radius 1 is 1.29 bits per heavy atom. The molecule has 0 aromatic carbocycles. The Hall–Kier alpha value is -1.37. The first kappa shape index (κ1) is 14.6. The summed E-state index contributed by atoms with van der Waals surface area (Å²) < 4.78 is 13.7. The third-order valence-corrected chi connectivity index (χ3v) is 4.50. The van der Waals surface area contributed by atoms with Gasteiger partial charge in [-0.05, 0) is 51.4 Å². The second-order valence-corrected chi connectivity index (χ2v) is 6.55. The van der Waals surface area contributed by atoms with E-state index >= 15 is 0 Å². The number of hydrogen-bond donors (Lipinski definition) is 0. The third kappa shape index (κ3) is 2.27. The molecule has 110 valence electrons. The summed E-state index contributed by atoms with van der Waals surface area (Å²) in [5.74, 6) is 0. The van der Waals surface area contributed by atoms with Crippen molar-refractivity contribution >= 4 is 34.9 Å². The summed E-state index contributed by atoms with van der Waals surface area (Å²) in [4.78, 5) is 11.3. The molecule has 1 saturated heterocycles. The van der Waals surface area contributed by atoms with Crippen LogP contribution >= 0.6 is 11.6 Å². The lowest BCUT2D eigenvalue weighted by molar-refractivity contribution is 0.00578. The predicted octanol–water partition coefficient (Wildman–Crippen LogP) is 2.01. The molecular formula is C14H16BClN2O3. The van der Waals surface area contributed by atoms with Gasteiger partial charge in [-0.2, -0.15) is 5.10 Å². The van der Waals surface area contributed by atoms with Gasteiger partial charge in [0.05, 0.1) is 16.7 Å². The van der Waals surface area contributed by atoms with E-state index < -0.39 is 23.6 Å². The average Bonchev–Trinajstić information content (AvgIpc) is 2.87. The summed E-state index contributed by atoms with van der Waals surface area (Å²) in [7, 11) is -0.520.